The maximum Gasteiger partial charge on any atom is 0.315 e. The van der Waals surface area contributed by atoms with Crippen molar-refractivity contribution in [1.82, 2.24) is 10.6 Å². The molecule has 2 amide bonds. The first-order valence-electron chi connectivity index (χ1n) is 7.01. The lowest BCUT2D eigenvalue weighted by atomic mass is 9.89. The molecule has 1 aromatic rings. The van der Waals surface area contributed by atoms with Gasteiger partial charge in [-0.3, -0.25) is 0 Å². The van der Waals surface area contributed by atoms with E-state index in [1.54, 1.807) is 0 Å². The molecule has 4 heteroatoms. The van der Waals surface area contributed by atoms with Crippen molar-refractivity contribution < 1.29 is 4.79 Å². The highest BCUT2D eigenvalue weighted by molar-refractivity contribution is 9.10. The fourth-order valence-electron chi connectivity index (χ4n) is 2.51. The summed E-state index contributed by atoms with van der Waals surface area (Å²) in [4.78, 5) is 11.7. The Morgan fingerprint density at radius 2 is 1.89 bits per heavy atom. The van der Waals surface area contributed by atoms with Crippen molar-refractivity contribution in [2.45, 2.75) is 38.6 Å². The van der Waals surface area contributed by atoms with Crippen LogP contribution >= 0.6 is 15.9 Å². The minimum Gasteiger partial charge on any atom is -0.338 e. The summed E-state index contributed by atoms with van der Waals surface area (Å²) in [5, 5.41) is 5.88. The van der Waals surface area contributed by atoms with Crippen LogP contribution in [0.1, 0.15) is 37.7 Å². The summed E-state index contributed by atoms with van der Waals surface area (Å²) < 4.78 is 1.03. The molecule has 0 aromatic heterocycles. The third-order valence-electron chi connectivity index (χ3n) is 3.67. The van der Waals surface area contributed by atoms with E-state index in [1.165, 1.54) is 32.1 Å². The van der Waals surface area contributed by atoms with E-state index in [0.29, 0.717) is 12.5 Å². The molecule has 0 spiro atoms. The van der Waals surface area contributed by atoms with Gasteiger partial charge in [0.1, 0.15) is 0 Å². The first kappa shape index (κ1) is 14.4. The fourth-order valence-corrected chi connectivity index (χ4v) is 2.93. The Bertz CT molecular complexity index is 416. The molecule has 1 aromatic carbocycles. The van der Waals surface area contributed by atoms with Crippen molar-refractivity contribution in [2.24, 2.45) is 5.92 Å². The number of benzene rings is 1. The van der Waals surface area contributed by atoms with Crippen LogP contribution in [-0.2, 0) is 6.54 Å². The molecule has 1 aliphatic rings. The number of nitrogens with one attached hydrogen (secondary N) is 2. The Morgan fingerprint density at radius 1 is 1.16 bits per heavy atom. The quantitative estimate of drug-likeness (QED) is 0.868. The Kier molecular flexibility index (Phi) is 5.70. The molecule has 3 nitrogen and oxygen atoms in total. The van der Waals surface area contributed by atoms with Crippen LogP contribution in [0, 0.1) is 5.92 Å². The van der Waals surface area contributed by atoms with Crippen molar-refractivity contribution in [2.75, 3.05) is 6.54 Å². The molecule has 0 saturated heterocycles. The van der Waals surface area contributed by atoms with Crippen LogP contribution in [0.25, 0.3) is 0 Å². The van der Waals surface area contributed by atoms with Gasteiger partial charge < -0.3 is 10.6 Å². The molecule has 0 aliphatic heterocycles. The molecule has 0 bridgehead atoms. The van der Waals surface area contributed by atoms with Crippen molar-refractivity contribution in [1.29, 1.82) is 0 Å². The Labute approximate surface area is 123 Å². The van der Waals surface area contributed by atoms with Crippen LogP contribution in [-0.4, -0.2) is 12.6 Å². The smallest absolute Gasteiger partial charge is 0.315 e. The second kappa shape index (κ2) is 7.53. The van der Waals surface area contributed by atoms with Crippen molar-refractivity contribution in [3.05, 3.63) is 34.3 Å². The molecule has 2 N–H and O–H groups in total. The molecule has 1 saturated carbocycles. The van der Waals surface area contributed by atoms with E-state index in [2.05, 4.69) is 26.6 Å². The van der Waals surface area contributed by atoms with Crippen LogP contribution in [0.2, 0.25) is 0 Å². The summed E-state index contributed by atoms with van der Waals surface area (Å²) >= 11 is 3.48. The number of amides is 2. The minimum atomic E-state index is -0.0682. The number of carbonyl (C=O) groups is 1. The predicted octanol–water partition coefficient (Wildman–Crippen LogP) is 3.83. The van der Waals surface area contributed by atoms with Gasteiger partial charge in [0.05, 0.1) is 0 Å². The van der Waals surface area contributed by atoms with Gasteiger partial charge in [-0.2, -0.15) is 0 Å². The van der Waals surface area contributed by atoms with Crippen molar-refractivity contribution >= 4 is 22.0 Å². The minimum absolute atomic E-state index is 0.0682. The fraction of sp³-hybridized carbons (Fsp3) is 0.533. The largest absolute Gasteiger partial charge is 0.338 e. The number of halogens is 1. The molecule has 0 atom stereocenters. The second-order valence-corrected chi connectivity index (χ2v) is 6.01. The Hall–Kier alpha value is -1.03. The lowest BCUT2D eigenvalue weighted by molar-refractivity contribution is 0.236. The lowest BCUT2D eigenvalue weighted by Gasteiger charge is -2.21. The first-order chi connectivity index (χ1) is 9.25. The summed E-state index contributed by atoms with van der Waals surface area (Å²) in [6, 6.07) is 7.86. The van der Waals surface area contributed by atoms with Gasteiger partial charge in [0.15, 0.2) is 0 Å². The summed E-state index contributed by atoms with van der Waals surface area (Å²) in [6.45, 7) is 1.36. The monoisotopic (exact) mass is 324 g/mol. The van der Waals surface area contributed by atoms with Gasteiger partial charge in [0, 0.05) is 17.6 Å². The highest BCUT2D eigenvalue weighted by atomic mass is 79.9. The van der Waals surface area contributed by atoms with E-state index in [-0.39, 0.29) is 6.03 Å². The van der Waals surface area contributed by atoms with Crippen molar-refractivity contribution in [3.63, 3.8) is 0 Å². The Morgan fingerprint density at radius 3 is 2.63 bits per heavy atom. The number of carbonyl (C=O) groups excluding carboxylic acids is 1. The van der Waals surface area contributed by atoms with E-state index in [4.69, 9.17) is 0 Å². The van der Waals surface area contributed by atoms with Gasteiger partial charge in [0.25, 0.3) is 0 Å². The summed E-state index contributed by atoms with van der Waals surface area (Å²) in [5.74, 6) is 0.669. The van der Waals surface area contributed by atoms with E-state index in [9.17, 15) is 4.79 Å². The first-order valence-corrected chi connectivity index (χ1v) is 7.80. The number of urea groups is 1. The SMILES string of the molecule is O=C(NCc1ccccc1Br)NCC1CCCCC1. The normalized spacial score (nSPS) is 16.1. The molecular formula is C15H21BrN2O. The van der Waals surface area contributed by atoms with Gasteiger partial charge in [-0.25, -0.2) is 4.79 Å². The zero-order chi connectivity index (χ0) is 13.5. The van der Waals surface area contributed by atoms with E-state index >= 15 is 0 Å². The number of rotatable bonds is 4. The standard InChI is InChI=1S/C15H21BrN2O/c16-14-9-5-4-8-13(14)11-18-15(19)17-10-12-6-2-1-3-7-12/h4-5,8-9,12H,1-3,6-7,10-11H2,(H2,17,18,19). The highest BCUT2D eigenvalue weighted by Crippen LogP contribution is 2.22. The zero-order valence-corrected chi connectivity index (χ0v) is 12.7. The summed E-state index contributed by atoms with van der Waals surface area (Å²) in [6.07, 6.45) is 6.48. The molecular weight excluding hydrogens is 304 g/mol. The molecule has 1 fully saturated rings. The molecule has 1 aliphatic carbocycles. The van der Waals surface area contributed by atoms with Crippen LogP contribution in [0.4, 0.5) is 4.79 Å². The summed E-state index contributed by atoms with van der Waals surface area (Å²) in [5.41, 5.74) is 1.09. The topological polar surface area (TPSA) is 41.1 Å². The maximum atomic E-state index is 11.7. The van der Waals surface area contributed by atoms with Gasteiger partial charge in [-0.1, -0.05) is 53.4 Å². The van der Waals surface area contributed by atoms with Crippen LogP contribution in [0.5, 0.6) is 0 Å². The Balaban J connectivity index is 1.68. The average molecular weight is 325 g/mol. The molecule has 2 rings (SSSR count). The van der Waals surface area contributed by atoms with Gasteiger partial charge in [-0.05, 0) is 30.4 Å². The van der Waals surface area contributed by atoms with Crippen LogP contribution < -0.4 is 10.6 Å². The highest BCUT2D eigenvalue weighted by Gasteiger charge is 2.14. The number of hydrogen-bond acceptors (Lipinski definition) is 1. The predicted molar refractivity (Wildman–Crippen MR) is 81.0 cm³/mol. The van der Waals surface area contributed by atoms with Crippen LogP contribution in [0.3, 0.4) is 0 Å². The van der Waals surface area contributed by atoms with Gasteiger partial charge >= 0.3 is 6.03 Å². The van der Waals surface area contributed by atoms with Crippen LogP contribution in [0.15, 0.2) is 28.7 Å². The molecule has 19 heavy (non-hydrogen) atoms. The molecule has 0 unspecified atom stereocenters. The number of hydrogen-bond donors (Lipinski definition) is 2. The van der Waals surface area contributed by atoms with E-state index < -0.39 is 0 Å². The molecule has 0 heterocycles. The van der Waals surface area contributed by atoms with Crippen molar-refractivity contribution in [3.8, 4) is 0 Å². The van der Waals surface area contributed by atoms with E-state index in [0.717, 1.165) is 16.6 Å². The molecule has 0 radical (unpaired) electrons. The lowest BCUT2D eigenvalue weighted by Crippen LogP contribution is -2.38. The summed E-state index contributed by atoms with van der Waals surface area (Å²) in [7, 11) is 0. The van der Waals surface area contributed by atoms with E-state index in [1.807, 2.05) is 24.3 Å². The third kappa shape index (κ3) is 4.86. The molecule has 104 valence electrons. The zero-order valence-electron chi connectivity index (χ0n) is 11.1. The van der Waals surface area contributed by atoms with Gasteiger partial charge in [-0.15, -0.1) is 0 Å². The van der Waals surface area contributed by atoms with Gasteiger partial charge in [0.2, 0.25) is 0 Å². The second-order valence-electron chi connectivity index (χ2n) is 5.16. The average Bonchev–Trinajstić information content (AvgIpc) is 2.45. The maximum absolute atomic E-state index is 11.7. The third-order valence-corrected chi connectivity index (χ3v) is 4.45.